The average Bonchev–Trinajstić information content (AvgIpc) is 3.90. The van der Waals surface area contributed by atoms with E-state index in [4.69, 9.17) is 16.6 Å². The second-order valence-corrected chi connectivity index (χ2v) is 18.8. The number of sulfone groups is 1. The molecule has 5 rings (SSSR count). The molecule has 0 bridgehead atoms. The van der Waals surface area contributed by atoms with E-state index < -0.39 is 72.7 Å². The molecule has 1 atom stereocenters. The number of hydrogen-bond donors (Lipinski definition) is 2. The first kappa shape index (κ1) is 43.1. The number of sulfonamides is 1. The SMILES string of the molecule is C=CN(C=NCC(F)(F)F)CC(=O)N[C@@H](Cc1cc(F)cc(F)c1)c1nc(C#CC(C)(C)S(=O)(=O)C2CC2)ccc1-c1ccc(Cl)c2c(NS(C)(=O)=O)nn(C)c12. The van der Waals surface area contributed by atoms with Crippen molar-refractivity contribution in [3.63, 3.8) is 0 Å². The molecular weight excluding hydrogens is 817 g/mol. The van der Waals surface area contributed by atoms with Crippen molar-refractivity contribution >= 4 is 60.4 Å². The van der Waals surface area contributed by atoms with Crippen LogP contribution < -0.4 is 10.0 Å². The van der Waals surface area contributed by atoms with Crippen LogP contribution in [-0.2, 0) is 38.1 Å². The summed E-state index contributed by atoms with van der Waals surface area (Å²) in [7, 11) is -5.93. The fourth-order valence-corrected chi connectivity index (χ4v) is 8.47. The van der Waals surface area contributed by atoms with Gasteiger partial charge in [-0.3, -0.25) is 19.2 Å². The van der Waals surface area contributed by atoms with Crippen molar-refractivity contribution in [2.75, 3.05) is 24.1 Å². The van der Waals surface area contributed by atoms with Crippen LogP contribution in [0.4, 0.5) is 27.8 Å². The number of fused-ring (bicyclic) bond motifs is 1. The van der Waals surface area contributed by atoms with Crippen LogP contribution in [0, 0.1) is 23.5 Å². The smallest absolute Gasteiger partial charge is 0.346 e. The van der Waals surface area contributed by atoms with E-state index in [0.29, 0.717) is 30.0 Å². The molecular formula is C37H37ClF5N7O5S2. The topological polar surface area (TPSA) is 156 Å². The van der Waals surface area contributed by atoms with E-state index >= 15 is 0 Å². The number of halogens is 6. The van der Waals surface area contributed by atoms with Gasteiger partial charge in [0.15, 0.2) is 15.7 Å². The highest BCUT2D eigenvalue weighted by Crippen LogP contribution is 2.40. The maximum atomic E-state index is 14.5. The van der Waals surface area contributed by atoms with E-state index in [1.165, 1.54) is 37.7 Å². The van der Waals surface area contributed by atoms with Crippen LogP contribution in [-0.4, -0.2) is 84.3 Å². The summed E-state index contributed by atoms with van der Waals surface area (Å²) in [4.78, 5) is 22.7. The molecule has 0 aliphatic heterocycles. The van der Waals surface area contributed by atoms with Crippen molar-refractivity contribution in [1.82, 2.24) is 25.0 Å². The van der Waals surface area contributed by atoms with Crippen molar-refractivity contribution in [3.8, 4) is 23.0 Å². The number of benzene rings is 2. The first-order valence-corrected chi connectivity index (χ1v) is 20.9. The van der Waals surface area contributed by atoms with Crippen molar-refractivity contribution in [1.29, 1.82) is 0 Å². The Morgan fingerprint density at radius 2 is 1.75 bits per heavy atom. The van der Waals surface area contributed by atoms with Gasteiger partial charge in [-0.15, -0.1) is 0 Å². The molecule has 2 heterocycles. The zero-order valence-electron chi connectivity index (χ0n) is 31.0. The lowest BCUT2D eigenvalue weighted by molar-refractivity contribution is -0.121. The molecule has 1 fully saturated rings. The molecule has 20 heteroatoms. The summed E-state index contributed by atoms with van der Waals surface area (Å²) in [5.74, 6) is 2.92. The van der Waals surface area contributed by atoms with Crippen molar-refractivity contribution in [2.24, 2.45) is 12.0 Å². The maximum absolute atomic E-state index is 14.5. The second kappa shape index (κ2) is 16.4. The standard InChI is InChI=1S/C37H37ClF5N7O5S2/c1-6-50(21-44-20-37(41,42)43)19-31(51)46-30(17-22-15-23(39)18-24(40)16-22)33-27(10-7-25(45-33)13-14-36(2,3)57(54,55)26-8-9-26)28-11-12-29(38)32-34(28)49(4)47-35(32)48-56(5,52)53/h6-7,10-12,15-16,18,21,26,30H,1,8-9,17,19-20H2,2-5H3,(H,46,51)(H,47,48)/t30-/m0/s1. The minimum Gasteiger partial charge on any atom is -0.346 e. The Hall–Kier alpha value is -5.06. The van der Waals surface area contributed by atoms with Crippen LogP contribution in [0.15, 0.2) is 60.2 Å². The minimum absolute atomic E-state index is 0.0548. The Morgan fingerprint density at radius 1 is 1.11 bits per heavy atom. The van der Waals surface area contributed by atoms with E-state index in [1.807, 2.05) is 0 Å². The van der Waals surface area contributed by atoms with Crippen molar-refractivity contribution in [3.05, 3.63) is 88.9 Å². The molecule has 304 valence electrons. The number of anilines is 1. The predicted molar refractivity (Wildman–Crippen MR) is 208 cm³/mol. The third-order valence-corrected chi connectivity index (χ3v) is 12.4. The first-order chi connectivity index (χ1) is 26.5. The second-order valence-electron chi connectivity index (χ2n) is 13.8. The van der Waals surface area contributed by atoms with E-state index in [1.54, 1.807) is 12.1 Å². The molecule has 1 amide bonds. The fourth-order valence-electron chi connectivity index (χ4n) is 5.95. The number of aryl methyl sites for hydroxylation is 1. The monoisotopic (exact) mass is 853 g/mol. The van der Waals surface area contributed by atoms with Gasteiger partial charge in [-0.25, -0.2) is 30.6 Å². The lowest BCUT2D eigenvalue weighted by Gasteiger charge is -2.24. The number of nitrogens with one attached hydrogen (secondary N) is 2. The van der Waals surface area contributed by atoms with Crippen LogP contribution in [0.25, 0.3) is 22.0 Å². The molecule has 57 heavy (non-hydrogen) atoms. The molecule has 0 saturated heterocycles. The molecule has 2 N–H and O–H groups in total. The van der Waals surface area contributed by atoms with E-state index in [9.17, 15) is 43.6 Å². The zero-order chi connectivity index (χ0) is 42.1. The normalized spacial score (nSPS) is 14.3. The lowest BCUT2D eigenvalue weighted by atomic mass is 9.93. The van der Waals surface area contributed by atoms with Gasteiger partial charge in [-0.05, 0) is 81.1 Å². The van der Waals surface area contributed by atoms with Crippen molar-refractivity contribution < 1.29 is 43.6 Å². The largest absolute Gasteiger partial charge is 0.408 e. The van der Waals surface area contributed by atoms with E-state index in [-0.39, 0.29) is 45.2 Å². The van der Waals surface area contributed by atoms with Crippen LogP contribution in [0.1, 0.15) is 49.7 Å². The third-order valence-electron chi connectivity index (χ3n) is 8.69. The van der Waals surface area contributed by atoms with Gasteiger partial charge in [-0.2, -0.15) is 18.3 Å². The summed E-state index contributed by atoms with van der Waals surface area (Å²) >= 11 is 6.58. The van der Waals surface area contributed by atoms with Crippen LogP contribution in [0.3, 0.4) is 0 Å². The van der Waals surface area contributed by atoms with Crippen LogP contribution in [0.5, 0.6) is 0 Å². The molecule has 1 aliphatic carbocycles. The number of alkyl halides is 3. The number of nitrogens with zero attached hydrogens (tertiary/aromatic N) is 5. The van der Waals surface area contributed by atoms with Gasteiger partial charge in [0.1, 0.15) is 35.2 Å². The molecule has 1 aliphatic rings. The van der Waals surface area contributed by atoms with Gasteiger partial charge in [0.05, 0.1) is 45.5 Å². The molecule has 0 radical (unpaired) electrons. The first-order valence-electron chi connectivity index (χ1n) is 17.1. The quantitative estimate of drug-likeness (QED) is 0.0670. The number of aromatic nitrogens is 3. The molecule has 1 saturated carbocycles. The Bertz CT molecular complexity index is 2530. The molecule has 0 unspecified atom stereocenters. The fraction of sp³-hybridized carbons (Fsp3) is 0.351. The number of aliphatic imine (C=N–C) groups is 1. The van der Waals surface area contributed by atoms with Gasteiger partial charge in [0.2, 0.25) is 15.9 Å². The molecule has 12 nitrogen and oxygen atoms in total. The van der Waals surface area contributed by atoms with Gasteiger partial charge >= 0.3 is 6.18 Å². The van der Waals surface area contributed by atoms with Crippen molar-refractivity contribution in [2.45, 2.75) is 55.3 Å². The third kappa shape index (κ3) is 10.7. The van der Waals surface area contributed by atoms with Crippen LogP contribution in [0.2, 0.25) is 5.02 Å². The Kier molecular flexibility index (Phi) is 12.4. The minimum atomic E-state index is -4.60. The number of hydrogen-bond acceptors (Lipinski definition) is 8. The van der Waals surface area contributed by atoms with Crippen LogP contribution >= 0.6 is 11.6 Å². The highest BCUT2D eigenvalue weighted by atomic mass is 35.5. The summed E-state index contributed by atoms with van der Waals surface area (Å²) in [5, 5.41) is 6.90. The maximum Gasteiger partial charge on any atom is 0.408 e. The number of carbonyl (C=O) groups is 1. The number of carbonyl (C=O) groups excluding carboxylic acids is 1. The van der Waals surface area contributed by atoms with E-state index in [0.717, 1.165) is 35.8 Å². The number of amides is 1. The zero-order valence-corrected chi connectivity index (χ0v) is 33.3. The highest BCUT2D eigenvalue weighted by molar-refractivity contribution is 7.93. The Balaban J connectivity index is 1.71. The Labute approximate surface area is 331 Å². The van der Waals surface area contributed by atoms with Gasteiger partial charge in [0.25, 0.3) is 0 Å². The van der Waals surface area contributed by atoms with E-state index in [2.05, 4.69) is 38.5 Å². The summed E-state index contributed by atoms with van der Waals surface area (Å²) in [6.45, 7) is 4.36. The molecule has 2 aromatic heterocycles. The van der Waals surface area contributed by atoms with Gasteiger partial charge < -0.3 is 10.2 Å². The molecule has 4 aromatic rings. The Morgan fingerprint density at radius 3 is 2.35 bits per heavy atom. The lowest BCUT2D eigenvalue weighted by Crippen LogP contribution is -2.38. The molecule has 0 spiro atoms. The number of pyridine rings is 1. The van der Waals surface area contributed by atoms with Gasteiger partial charge in [-0.1, -0.05) is 30.2 Å². The number of rotatable bonds is 14. The summed E-state index contributed by atoms with van der Waals surface area (Å²) in [6.07, 6.45) is -1.07. The highest BCUT2D eigenvalue weighted by Gasteiger charge is 2.45. The predicted octanol–water partition coefficient (Wildman–Crippen LogP) is 6.08. The summed E-state index contributed by atoms with van der Waals surface area (Å²) < 4.78 is 120. The summed E-state index contributed by atoms with van der Waals surface area (Å²) in [6, 6.07) is 7.63. The van der Waals surface area contributed by atoms with Gasteiger partial charge in [0, 0.05) is 24.2 Å². The average molecular weight is 854 g/mol. The molecule has 2 aromatic carbocycles. The summed E-state index contributed by atoms with van der Waals surface area (Å²) in [5.41, 5.74) is 1.15.